The molecule has 1 aromatic rings. The Kier molecular flexibility index (Phi) is 3.71. The average Bonchev–Trinajstić information content (AvgIpc) is 3.12. The number of hydrogen-bond donors (Lipinski definition) is 3. The van der Waals surface area contributed by atoms with E-state index in [1.165, 1.54) is 17.8 Å². The number of hydrazine groups is 1. The van der Waals surface area contributed by atoms with Crippen LogP contribution in [0.3, 0.4) is 0 Å². The zero-order valence-corrected chi connectivity index (χ0v) is 12.7. The van der Waals surface area contributed by atoms with E-state index >= 15 is 0 Å². The molecule has 3 N–H and O–H groups in total. The van der Waals surface area contributed by atoms with Crippen molar-refractivity contribution in [1.29, 1.82) is 0 Å². The molecule has 1 saturated carbocycles. The van der Waals surface area contributed by atoms with Crippen molar-refractivity contribution in [3.63, 3.8) is 0 Å². The van der Waals surface area contributed by atoms with Gasteiger partial charge in [0.2, 0.25) is 0 Å². The third-order valence-corrected chi connectivity index (χ3v) is 4.86. The molecule has 1 heterocycles. The molecule has 7 heteroatoms. The maximum absolute atomic E-state index is 11.8. The molecule has 2 aliphatic rings. The lowest BCUT2D eigenvalue weighted by atomic mass is 10.0. The van der Waals surface area contributed by atoms with E-state index in [2.05, 4.69) is 33.3 Å². The summed E-state index contributed by atoms with van der Waals surface area (Å²) < 4.78 is 0. The highest BCUT2D eigenvalue weighted by atomic mass is 32.1. The lowest BCUT2D eigenvalue weighted by Crippen LogP contribution is -2.50. The Morgan fingerprint density at radius 1 is 1.40 bits per heavy atom. The molecule has 0 aliphatic heterocycles. The van der Waals surface area contributed by atoms with Crippen LogP contribution in [-0.2, 0) is 0 Å². The number of amides is 1. The molecule has 1 amide bonds. The molecule has 3 atom stereocenters. The lowest BCUT2D eigenvalue weighted by molar-refractivity contribution is 0.0947. The summed E-state index contributed by atoms with van der Waals surface area (Å²) in [6, 6.07) is 0.382. The summed E-state index contributed by atoms with van der Waals surface area (Å²) in [7, 11) is 0. The van der Waals surface area contributed by atoms with Gasteiger partial charge in [-0.1, -0.05) is 12.2 Å². The van der Waals surface area contributed by atoms with Gasteiger partial charge in [-0.15, -0.1) is 11.3 Å². The molecule has 0 spiro atoms. The minimum Gasteiger partial charge on any atom is -0.358 e. The Bertz CT molecular complexity index is 568. The van der Waals surface area contributed by atoms with Gasteiger partial charge in [0.05, 0.1) is 11.2 Å². The second kappa shape index (κ2) is 5.49. The quantitative estimate of drug-likeness (QED) is 0.439. The summed E-state index contributed by atoms with van der Waals surface area (Å²) in [4.78, 5) is 16.4. The predicted octanol–water partition coefficient (Wildman–Crippen LogP) is 1.53. The fraction of sp³-hybridized carbons (Fsp3) is 0.462. The summed E-state index contributed by atoms with van der Waals surface area (Å²) >= 11 is 6.56. The van der Waals surface area contributed by atoms with Gasteiger partial charge < -0.3 is 5.32 Å². The third-order valence-electron chi connectivity index (χ3n) is 3.73. The number of hydrogen-bond acceptors (Lipinski definition) is 4. The normalized spacial score (nSPS) is 26.6. The standard InChI is InChI=1S/C13H16N4OS2/c1-7-14-6-11(20-7)12(18)16-17-13(19)15-10-5-8-2-3-9(10)4-8/h2-3,6,8-10H,4-5H2,1H3,(H,16,18)(H2,15,17,19). The Morgan fingerprint density at radius 3 is 2.85 bits per heavy atom. The minimum atomic E-state index is -0.215. The first-order chi connectivity index (χ1) is 9.61. The fourth-order valence-corrected chi connectivity index (χ4v) is 3.67. The molecule has 106 valence electrons. The van der Waals surface area contributed by atoms with Crippen molar-refractivity contribution in [2.24, 2.45) is 11.8 Å². The van der Waals surface area contributed by atoms with Crippen molar-refractivity contribution < 1.29 is 4.79 Å². The number of aromatic nitrogens is 1. The summed E-state index contributed by atoms with van der Waals surface area (Å²) in [6.45, 7) is 1.86. The molecule has 5 nitrogen and oxygen atoms in total. The van der Waals surface area contributed by atoms with E-state index < -0.39 is 0 Å². The van der Waals surface area contributed by atoms with Gasteiger partial charge in [-0.05, 0) is 43.8 Å². The molecule has 2 bridgehead atoms. The van der Waals surface area contributed by atoms with Crippen LogP contribution in [0.15, 0.2) is 18.3 Å². The van der Waals surface area contributed by atoms with E-state index in [1.807, 2.05) is 6.92 Å². The topological polar surface area (TPSA) is 66.0 Å². The average molecular weight is 308 g/mol. The predicted molar refractivity (Wildman–Crippen MR) is 82.3 cm³/mol. The highest BCUT2D eigenvalue weighted by molar-refractivity contribution is 7.80. The monoisotopic (exact) mass is 308 g/mol. The van der Waals surface area contributed by atoms with Crippen molar-refractivity contribution in [2.45, 2.75) is 25.8 Å². The first kappa shape index (κ1) is 13.5. The van der Waals surface area contributed by atoms with Crippen molar-refractivity contribution >= 4 is 34.6 Å². The van der Waals surface area contributed by atoms with E-state index in [9.17, 15) is 4.79 Å². The van der Waals surface area contributed by atoms with Gasteiger partial charge in [0.25, 0.3) is 5.91 Å². The zero-order valence-electron chi connectivity index (χ0n) is 11.1. The van der Waals surface area contributed by atoms with Gasteiger partial charge in [0.1, 0.15) is 4.88 Å². The Labute approximate surface area is 126 Å². The van der Waals surface area contributed by atoms with Crippen molar-refractivity contribution in [2.75, 3.05) is 0 Å². The molecule has 0 radical (unpaired) electrons. The number of nitrogens with zero attached hydrogens (tertiary/aromatic N) is 1. The van der Waals surface area contributed by atoms with E-state index in [0.717, 1.165) is 11.4 Å². The van der Waals surface area contributed by atoms with Crippen LogP contribution < -0.4 is 16.2 Å². The number of allylic oxidation sites excluding steroid dienone is 1. The van der Waals surface area contributed by atoms with Crippen LogP contribution in [-0.4, -0.2) is 22.0 Å². The summed E-state index contributed by atoms with van der Waals surface area (Å²) in [6.07, 6.45) is 8.44. The minimum absolute atomic E-state index is 0.215. The van der Waals surface area contributed by atoms with E-state index in [-0.39, 0.29) is 5.91 Å². The number of nitrogens with one attached hydrogen (secondary N) is 3. The largest absolute Gasteiger partial charge is 0.358 e. The SMILES string of the molecule is Cc1ncc(C(=O)NNC(=S)NC2CC3C=CC2C3)s1. The van der Waals surface area contributed by atoms with Gasteiger partial charge in [-0.3, -0.25) is 15.6 Å². The highest BCUT2D eigenvalue weighted by Crippen LogP contribution is 2.38. The summed E-state index contributed by atoms with van der Waals surface area (Å²) in [5.74, 6) is 1.04. The van der Waals surface area contributed by atoms with Gasteiger partial charge in [0.15, 0.2) is 5.11 Å². The number of fused-ring (bicyclic) bond motifs is 2. The molecular weight excluding hydrogens is 292 g/mol. The van der Waals surface area contributed by atoms with E-state index in [1.54, 1.807) is 6.20 Å². The summed E-state index contributed by atoms with van der Waals surface area (Å²) in [5.41, 5.74) is 5.34. The molecule has 3 rings (SSSR count). The molecule has 0 aromatic carbocycles. The van der Waals surface area contributed by atoms with Crippen LogP contribution in [0.2, 0.25) is 0 Å². The number of thiocarbonyl (C=S) groups is 1. The molecule has 20 heavy (non-hydrogen) atoms. The number of aryl methyl sites for hydroxylation is 1. The van der Waals surface area contributed by atoms with Crippen LogP contribution >= 0.6 is 23.6 Å². The first-order valence-corrected chi connectivity index (χ1v) is 7.82. The van der Waals surface area contributed by atoms with Gasteiger partial charge in [-0.25, -0.2) is 4.98 Å². The Hall–Kier alpha value is -1.47. The summed E-state index contributed by atoms with van der Waals surface area (Å²) in [5, 5.41) is 4.59. The van der Waals surface area contributed by atoms with Gasteiger partial charge in [-0.2, -0.15) is 0 Å². The lowest BCUT2D eigenvalue weighted by Gasteiger charge is -2.21. The number of thiazole rings is 1. The molecule has 1 aromatic heterocycles. The van der Waals surface area contributed by atoms with Crippen LogP contribution in [0.5, 0.6) is 0 Å². The van der Waals surface area contributed by atoms with Crippen LogP contribution in [0.4, 0.5) is 0 Å². The first-order valence-electron chi connectivity index (χ1n) is 6.59. The molecule has 0 saturated heterocycles. The van der Waals surface area contributed by atoms with Crippen molar-refractivity contribution in [3.8, 4) is 0 Å². The Balaban J connectivity index is 1.45. The zero-order chi connectivity index (χ0) is 14.1. The van der Waals surface area contributed by atoms with Crippen LogP contribution in [0, 0.1) is 18.8 Å². The molecule has 2 aliphatic carbocycles. The second-order valence-corrected chi connectivity index (χ2v) is 6.83. The maximum Gasteiger partial charge on any atom is 0.281 e. The van der Waals surface area contributed by atoms with E-state index in [4.69, 9.17) is 12.2 Å². The smallest absolute Gasteiger partial charge is 0.281 e. The maximum atomic E-state index is 11.8. The second-order valence-electron chi connectivity index (χ2n) is 5.18. The van der Waals surface area contributed by atoms with Gasteiger partial charge >= 0.3 is 0 Å². The fourth-order valence-electron chi connectivity index (χ4n) is 2.79. The number of rotatable bonds is 2. The number of carbonyl (C=O) groups excluding carboxylic acids is 1. The van der Waals surface area contributed by atoms with E-state index in [0.29, 0.717) is 27.9 Å². The van der Waals surface area contributed by atoms with Crippen LogP contribution in [0.25, 0.3) is 0 Å². The molecule has 3 unspecified atom stereocenters. The van der Waals surface area contributed by atoms with Crippen molar-refractivity contribution in [1.82, 2.24) is 21.2 Å². The number of carbonyl (C=O) groups is 1. The Morgan fingerprint density at radius 2 is 2.25 bits per heavy atom. The van der Waals surface area contributed by atoms with Crippen molar-refractivity contribution in [3.05, 3.63) is 28.2 Å². The molecular formula is C13H16N4OS2. The van der Waals surface area contributed by atoms with Gasteiger partial charge in [0, 0.05) is 6.04 Å². The van der Waals surface area contributed by atoms with Crippen LogP contribution in [0.1, 0.15) is 27.5 Å². The highest BCUT2D eigenvalue weighted by Gasteiger charge is 2.35. The molecule has 1 fully saturated rings. The third kappa shape index (κ3) is 2.83.